The molecule has 0 radical (unpaired) electrons. The van der Waals surface area contributed by atoms with Gasteiger partial charge in [-0.15, -0.1) is 5.10 Å². The van der Waals surface area contributed by atoms with E-state index in [4.69, 9.17) is 23.2 Å². The van der Waals surface area contributed by atoms with Crippen LogP contribution in [-0.4, -0.2) is 48.9 Å². The molecule has 0 aliphatic carbocycles. The second-order valence-corrected chi connectivity index (χ2v) is 9.73. The summed E-state index contributed by atoms with van der Waals surface area (Å²) in [5.74, 6) is 0.572. The third-order valence-corrected chi connectivity index (χ3v) is 6.21. The molecule has 4 rings (SSSR count). The van der Waals surface area contributed by atoms with E-state index in [1.807, 2.05) is 25.7 Å². The Balaban J connectivity index is 1.68. The van der Waals surface area contributed by atoms with Gasteiger partial charge in [0.05, 0.1) is 6.54 Å². The first-order valence-electron chi connectivity index (χ1n) is 10.2. The molecule has 8 nitrogen and oxygen atoms in total. The SMILES string of the molecule is CC(C)(C)C(=O)N1CCC[C@H](c2nc3c(nnn3Cc3c(Cl)cccc3Cl)c(=O)[nH]2)C1. The lowest BCUT2D eigenvalue weighted by atomic mass is 9.91. The molecule has 1 N–H and O–H groups in total. The van der Waals surface area contributed by atoms with Crippen molar-refractivity contribution in [1.82, 2.24) is 29.9 Å². The molecule has 0 saturated carbocycles. The van der Waals surface area contributed by atoms with Gasteiger partial charge in [0.15, 0.2) is 11.2 Å². The molecule has 1 saturated heterocycles. The Morgan fingerprint density at radius 2 is 1.97 bits per heavy atom. The van der Waals surface area contributed by atoms with Crippen LogP contribution in [0.4, 0.5) is 0 Å². The average Bonchev–Trinajstić information content (AvgIpc) is 3.13. The van der Waals surface area contributed by atoms with E-state index < -0.39 is 5.41 Å². The largest absolute Gasteiger partial charge is 0.342 e. The fourth-order valence-corrected chi connectivity index (χ4v) is 4.39. The monoisotopic (exact) mass is 462 g/mol. The van der Waals surface area contributed by atoms with Gasteiger partial charge in [0.2, 0.25) is 5.91 Å². The first kappa shape index (κ1) is 21.8. The molecule has 1 aliphatic heterocycles. The third-order valence-electron chi connectivity index (χ3n) is 5.50. The van der Waals surface area contributed by atoms with Crippen LogP contribution in [-0.2, 0) is 11.3 Å². The summed E-state index contributed by atoms with van der Waals surface area (Å²) in [4.78, 5) is 34.8. The Morgan fingerprint density at radius 3 is 2.65 bits per heavy atom. The Kier molecular flexibility index (Phi) is 5.79. The number of nitrogens with one attached hydrogen (secondary N) is 1. The maximum Gasteiger partial charge on any atom is 0.281 e. The number of hydrogen-bond acceptors (Lipinski definition) is 5. The van der Waals surface area contributed by atoms with Gasteiger partial charge in [-0.1, -0.05) is 55.3 Å². The number of carbonyl (C=O) groups is 1. The molecule has 3 aromatic rings. The van der Waals surface area contributed by atoms with Crippen molar-refractivity contribution in [3.8, 4) is 0 Å². The number of aromatic amines is 1. The Morgan fingerprint density at radius 1 is 1.26 bits per heavy atom. The number of fused-ring (bicyclic) bond motifs is 1. The van der Waals surface area contributed by atoms with Gasteiger partial charge in [-0.3, -0.25) is 9.59 Å². The number of hydrogen-bond donors (Lipinski definition) is 1. The number of aromatic nitrogens is 5. The number of nitrogens with zero attached hydrogens (tertiary/aromatic N) is 5. The summed E-state index contributed by atoms with van der Waals surface area (Å²) in [5, 5.41) is 9.10. The van der Waals surface area contributed by atoms with Gasteiger partial charge in [0, 0.05) is 40.0 Å². The molecule has 3 heterocycles. The third kappa shape index (κ3) is 4.32. The van der Waals surface area contributed by atoms with Crippen molar-refractivity contribution in [2.24, 2.45) is 5.41 Å². The summed E-state index contributed by atoms with van der Waals surface area (Å²) in [6.45, 7) is 7.20. The van der Waals surface area contributed by atoms with Gasteiger partial charge in [0.25, 0.3) is 5.56 Å². The molecule has 1 aromatic carbocycles. The van der Waals surface area contributed by atoms with Crippen LogP contribution in [0.1, 0.15) is 50.9 Å². The van der Waals surface area contributed by atoms with Crippen LogP contribution >= 0.6 is 23.2 Å². The highest BCUT2D eigenvalue weighted by molar-refractivity contribution is 6.36. The van der Waals surface area contributed by atoms with Crippen molar-refractivity contribution in [2.45, 2.75) is 46.1 Å². The first-order valence-corrected chi connectivity index (χ1v) is 11.0. The van der Waals surface area contributed by atoms with Gasteiger partial charge in [-0.05, 0) is 25.0 Å². The number of halogens is 2. The molecule has 31 heavy (non-hydrogen) atoms. The topological polar surface area (TPSA) is 96.8 Å². The minimum absolute atomic E-state index is 0.0654. The van der Waals surface area contributed by atoms with Gasteiger partial charge in [-0.25, -0.2) is 9.67 Å². The standard InChI is InChI=1S/C21H24Cl2N6O2/c1-21(2,3)20(31)28-9-5-6-12(10-28)17-24-18-16(19(30)25-17)26-27-29(18)11-13-14(22)7-4-8-15(13)23/h4,7-8,12H,5-6,9-11H2,1-3H3,(H,24,25,30)/t12-/m0/s1. The number of amides is 1. The van der Waals surface area contributed by atoms with Gasteiger partial charge >= 0.3 is 0 Å². The highest BCUT2D eigenvalue weighted by atomic mass is 35.5. The quantitative estimate of drug-likeness (QED) is 0.640. The molecule has 0 unspecified atom stereocenters. The van der Waals surface area contributed by atoms with E-state index in [2.05, 4.69) is 20.3 Å². The smallest absolute Gasteiger partial charge is 0.281 e. The predicted octanol–water partition coefficient (Wildman–Crippen LogP) is 3.62. The van der Waals surface area contributed by atoms with Crippen molar-refractivity contribution in [2.75, 3.05) is 13.1 Å². The van der Waals surface area contributed by atoms with E-state index in [1.165, 1.54) is 4.68 Å². The lowest BCUT2D eigenvalue weighted by Gasteiger charge is -2.36. The zero-order chi connectivity index (χ0) is 22.3. The zero-order valence-corrected chi connectivity index (χ0v) is 19.2. The van der Waals surface area contributed by atoms with Crippen LogP contribution in [0.25, 0.3) is 11.2 Å². The lowest BCUT2D eigenvalue weighted by Crippen LogP contribution is -2.45. The fourth-order valence-electron chi connectivity index (χ4n) is 3.88. The molecule has 164 valence electrons. The van der Waals surface area contributed by atoms with Crippen molar-refractivity contribution in [3.63, 3.8) is 0 Å². The van der Waals surface area contributed by atoms with Gasteiger partial charge in [-0.2, -0.15) is 0 Å². The molecule has 1 amide bonds. The summed E-state index contributed by atoms with van der Waals surface area (Å²) >= 11 is 12.6. The maximum atomic E-state index is 12.7. The number of rotatable bonds is 3. The van der Waals surface area contributed by atoms with Gasteiger partial charge in [0.1, 0.15) is 5.82 Å². The van der Waals surface area contributed by atoms with E-state index >= 15 is 0 Å². The Hall–Kier alpha value is -2.45. The van der Waals surface area contributed by atoms with E-state index in [0.29, 0.717) is 40.2 Å². The molecule has 0 bridgehead atoms. The maximum absolute atomic E-state index is 12.7. The highest BCUT2D eigenvalue weighted by Gasteiger charge is 2.32. The molecular formula is C21H24Cl2N6O2. The average molecular weight is 463 g/mol. The second-order valence-electron chi connectivity index (χ2n) is 8.91. The van der Waals surface area contributed by atoms with Crippen LogP contribution < -0.4 is 5.56 Å². The van der Waals surface area contributed by atoms with Crippen LogP contribution in [0.15, 0.2) is 23.0 Å². The fraction of sp³-hybridized carbons (Fsp3) is 0.476. The summed E-state index contributed by atoms with van der Waals surface area (Å²) in [6, 6.07) is 5.26. The van der Waals surface area contributed by atoms with E-state index in [-0.39, 0.29) is 29.4 Å². The molecule has 1 aliphatic rings. The second kappa shape index (κ2) is 8.24. The van der Waals surface area contributed by atoms with Crippen LogP contribution in [0.2, 0.25) is 10.0 Å². The molecular weight excluding hydrogens is 439 g/mol. The number of benzene rings is 1. The minimum Gasteiger partial charge on any atom is -0.342 e. The van der Waals surface area contributed by atoms with Crippen LogP contribution in [0, 0.1) is 5.41 Å². The number of carbonyl (C=O) groups excluding carboxylic acids is 1. The molecule has 2 aromatic heterocycles. The summed E-state index contributed by atoms with van der Waals surface area (Å²) in [7, 11) is 0. The zero-order valence-electron chi connectivity index (χ0n) is 17.7. The first-order chi connectivity index (χ1) is 14.6. The van der Waals surface area contributed by atoms with E-state index in [0.717, 1.165) is 12.8 Å². The number of H-pyrrole nitrogens is 1. The number of piperidine rings is 1. The molecule has 0 spiro atoms. The normalized spacial score (nSPS) is 17.3. The summed E-state index contributed by atoms with van der Waals surface area (Å²) in [6.07, 6.45) is 1.68. The van der Waals surface area contributed by atoms with Crippen molar-refractivity contribution < 1.29 is 4.79 Å². The Bertz CT molecular complexity index is 1180. The Labute approximate surface area is 189 Å². The van der Waals surface area contributed by atoms with Crippen molar-refractivity contribution >= 4 is 40.3 Å². The molecule has 1 fully saturated rings. The van der Waals surface area contributed by atoms with Crippen LogP contribution in [0.5, 0.6) is 0 Å². The highest BCUT2D eigenvalue weighted by Crippen LogP contribution is 2.29. The molecule has 10 heteroatoms. The van der Waals surface area contributed by atoms with Crippen molar-refractivity contribution in [3.05, 3.63) is 50.0 Å². The molecule has 1 atom stereocenters. The lowest BCUT2D eigenvalue weighted by molar-refractivity contribution is -0.140. The van der Waals surface area contributed by atoms with E-state index in [9.17, 15) is 9.59 Å². The van der Waals surface area contributed by atoms with Crippen LogP contribution in [0.3, 0.4) is 0 Å². The minimum atomic E-state index is -0.455. The number of likely N-dealkylation sites (tertiary alicyclic amines) is 1. The van der Waals surface area contributed by atoms with Gasteiger partial charge < -0.3 is 9.88 Å². The predicted molar refractivity (Wildman–Crippen MR) is 120 cm³/mol. The van der Waals surface area contributed by atoms with Crippen molar-refractivity contribution in [1.29, 1.82) is 0 Å². The summed E-state index contributed by atoms with van der Waals surface area (Å²) < 4.78 is 1.53. The summed E-state index contributed by atoms with van der Waals surface area (Å²) in [5.41, 5.74) is 0.403. The van der Waals surface area contributed by atoms with E-state index in [1.54, 1.807) is 18.2 Å².